The highest BCUT2D eigenvalue weighted by molar-refractivity contribution is 5.99. The highest BCUT2D eigenvalue weighted by atomic mass is 16.5. The Kier molecular flexibility index (Phi) is 30.9. The second-order valence-electron chi connectivity index (χ2n) is 19.6. The molecule has 1 aromatic carbocycles. The van der Waals surface area contributed by atoms with E-state index < -0.39 is 133 Å². The zero-order valence-corrected chi connectivity index (χ0v) is 45.8. The number of nitrogens with one attached hydrogen (secondary N) is 10. The minimum absolute atomic E-state index is 0.0155. The molecule has 9 unspecified atom stereocenters. The van der Waals surface area contributed by atoms with E-state index in [4.69, 9.17) is 16.6 Å². The first-order valence-electron chi connectivity index (χ1n) is 27.1. The van der Waals surface area contributed by atoms with Crippen LogP contribution in [0.15, 0.2) is 29.3 Å². The number of amidine groups is 1. The number of amides is 11. The van der Waals surface area contributed by atoms with Crippen LogP contribution in [-0.4, -0.2) is 226 Å². The number of rotatable bonds is 34. The van der Waals surface area contributed by atoms with Crippen molar-refractivity contribution in [2.24, 2.45) is 16.5 Å². The largest absolute Gasteiger partial charge is 0.508 e. The van der Waals surface area contributed by atoms with Crippen molar-refractivity contribution >= 4 is 77.8 Å². The van der Waals surface area contributed by atoms with Gasteiger partial charge < -0.3 is 85.1 Å². The maximum absolute atomic E-state index is 14.0. The van der Waals surface area contributed by atoms with Crippen LogP contribution in [-0.2, 0) is 64.0 Å². The molecule has 0 aromatic heterocycles. The highest BCUT2D eigenvalue weighted by Crippen LogP contribution is 2.15. The van der Waals surface area contributed by atoms with Crippen molar-refractivity contribution in [1.29, 1.82) is 0 Å². The molecular formula is C50H79N15O18. The minimum Gasteiger partial charge on any atom is -0.508 e. The molecule has 0 saturated carbocycles. The fraction of sp³-hybridized carbons (Fsp3) is 0.620. The minimum atomic E-state index is -1.63. The van der Waals surface area contributed by atoms with Crippen molar-refractivity contribution in [3.63, 3.8) is 0 Å². The van der Waals surface area contributed by atoms with Gasteiger partial charge in [-0.25, -0.2) is 10.1 Å². The van der Waals surface area contributed by atoms with Gasteiger partial charge in [-0.3, -0.25) is 72.9 Å². The monoisotopic (exact) mass is 1180 g/mol. The van der Waals surface area contributed by atoms with E-state index in [0.29, 0.717) is 17.0 Å². The number of carboxylic acids is 1. The van der Waals surface area contributed by atoms with Gasteiger partial charge in [0.15, 0.2) is 0 Å². The number of aliphatic imine (C=N–C) groups is 1. The van der Waals surface area contributed by atoms with E-state index in [9.17, 15) is 83.3 Å². The van der Waals surface area contributed by atoms with Gasteiger partial charge >= 0.3 is 5.97 Å². The van der Waals surface area contributed by atoms with Gasteiger partial charge in [-0.2, -0.15) is 0 Å². The first-order chi connectivity index (χ1) is 39.6. The maximum atomic E-state index is 14.0. The van der Waals surface area contributed by atoms with Crippen LogP contribution in [0, 0.1) is 0 Å². The standard InChI is InChI=1S/C50H79N15O18/c51-18-3-1-7-32(59-49(79)39(26-67)63-48(78)36-17-20-53-42(58-36)37(23-29-11-13-30(70)14-12-29)57-40(71)16-15-31(52)50(80)81)43(73)55-24-41(72)56-33(9-5-21-64(82)27-68)45(75)60-34-8-2-4-19-54-44(74)38(25-66)62-47(77)35(61-46(34)76)10-6-22-65(83)28-69/h11-14,27-28,31-39,66-67,70,82-83H,1-10,15-26,51-52H2,(H,53,58)(H,54,74)(H,55,73)(H,56,72)(H,57,71)(H,59,79)(H,60,75)(H,61,76)(H,62,77)(H,63,78)(H,80,81). The summed E-state index contributed by atoms with van der Waals surface area (Å²) < 4.78 is 0. The van der Waals surface area contributed by atoms with Crippen LogP contribution in [0.25, 0.3) is 0 Å². The van der Waals surface area contributed by atoms with Crippen molar-refractivity contribution in [2.45, 2.75) is 144 Å². The number of aromatic hydroxyl groups is 1. The fourth-order valence-corrected chi connectivity index (χ4v) is 8.46. The smallest absolute Gasteiger partial charge is 0.320 e. The van der Waals surface area contributed by atoms with E-state index in [1.54, 1.807) is 12.1 Å². The van der Waals surface area contributed by atoms with E-state index in [1.165, 1.54) is 12.1 Å². The Bertz CT molecular complexity index is 2390. The summed E-state index contributed by atoms with van der Waals surface area (Å²) in [5.74, 6) is -8.83. The maximum Gasteiger partial charge on any atom is 0.320 e. The SMILES string of the molecule is NCCCCC(NC(=O)C(CO)NC(=O)C1CCN=C(C(Cc2ccc(O)cc2)NC(=O)CCC(N)C(=O)O)N1)C(=O)NCC(=O)NC(CCCN(O)C=O)C(=O)NC1CCCCNC(=O)C(CO)NC(=O)C(CCCN(O)C=O)NC1=O. The molecule has 2 aliphatic rings. The number of hydrogen-bond acceptors (Lipinski definition) is 21. The molecule has 0 radical (unpaired) electrons. The molecule has 2 aliphatic heterocycles. The summed E-state index contributed by atoms with van der Waals surface area (Å²) in [7, 11) is 0. The number of hydroxylamine groups is 4. The van der Waals surface area contributed by atoms with Crippen molar-refractivity contribution in [3.05, 3.63) is 29.8 Å². The van der Waals surface area contributed by atoms with Crippen LogP contribution in [0.4, 0.5) is 0 Å². The number of aliphatic hydroxyl groups excluding tert-OH is 2. The van der Waals surface area contributed by atoms with E-state index >= 15 is 0 Å². The average Bonchev–Trinajstić information content (AvgIpc) is 3.49. The summed E-state index contributed by atoms with van der Waals surface area (Å²) in [6, 6.07) is -5.90. The lowest BCUT2D eigenvalue weighted by atomic mass is 10.0. The van der Waals surface area contributed by atoms with Crippen LogP contribution in [0.5, 0.6) is 5.75 Å². The fourth-order valence-electron chi connectivity index (χ4n) is 8.46. The summed E-state index contributed by atoms with van der Waals surface area (Å²) >= 11 is 0. The molecule has 11 amide bonds. The van der Waals surface area contributed by atoms with Crippen LogP contribution in [0.3, 0.4) is 0 Å². The molecule has 462 valence electrons. The summed E-state index contributed by atoms with van der Waals surface area (Å²) in [4.78, 5) is 159. The van der Waals surface area contributed by atoms with Gasteiger partial charge in [-0.1, -0.05) is 12.1 Å². The number of nitrogens with zero attached hydrogens (tertiary/aromatic N) is 3. The molecule has 33 nitrogen and oxygen atoms in total. The van der Waals surface area contributed by atoms with E-state index in [0.717, 1.165) is 0 Å². The normalized spacial score (nSPS) is 19.3. The van der Waals surface area contributed by atoms with Gasteiger partial charge in [0.1, 0.15) is 59.9 Å². The third kappa shape index (κ3) is 25.3. The summed E-state index contributed by atoms with van der Waals surface area (Å²) in [5, 5.41) is 84.5. The molecule has 1 saturated heterocycles. The average molecular weight is 1180 g/mol. The summed E-state index contributed by atoms with van der Waals surface area (Å²) in [6.07, 6.45) is 0.458. The van der Waals surface area contributed by atoms with E-state index in [-0.39, 0.29) is 146 Å². The number of nitrogens with two attached hydrogens (primary N) is 2. The molecule has 0 aliphatic carbocycles. The molecule has 2 heterocycles. The molecule has 1 aromatic rings. The van der Waals surface area contributed by atoms with Gasteiger partial charge in [0.2, 0.25) is 66.0 Å². The molecule has 9 atom stereocenters. The summed E-state index contributed by atoms with van der Waals surface area (Å²) in [5.41, 5.74) is 11.9. The van der Waals surface area contributed by atoms with Crippen LogP contribution in [0.1, 0.15) is 89.0 Å². The number of phenolic OH excluding ortho intramolecular Hbond substituents is 1. The topological polar surface area (TPSA) is 517 Å². The Morgan fingerprint density at radius 1 is 0.735 bits per heavy atom. The quantitative estimate of drug-likeness (QED) is 0.0132. The molecule has 3 rings (SSSR count). The van der Waals surface area contributed by atoms with Crippen LogP contribution >= 0.6 is 0 Å². The number of aliphatic hydroxyl groups is 2. The number of aliphatic carboxylic acids is 1. The molecule has 0 spiro atoms. The molecule has 33 heteroatoms. The third-order valence-corrected chi connectivity index (χ3v) is 13.2. The Morgan fingerprint density at radius 2 is 1.40 bits per heavy atom. The van der Waals surface area contributed by atoms with E-state index in [2.05, 4.69) is 58.2 Å². The molecule has 0 bridgehead atoms. The zero-order chi connectivity index (χ0) is 61.4. The predicted octanol–water partition coefficient (Wildman–Crippen LogP) is -6.93. The lowest BCUT2D eigenvalue weighted by Gasteiger charge is -2.30. The predicted molar refractivity (Wildman–Crippen MR) is 289 cm³/mol. The zero-order valence-electron chi connectivity index (χ0n) is 45.8. The van der Waals surface area contributed by atoms with E-state index in [1.807, 2.05) is 0 Å². The Morgan fingerprint density at radius 3 is 2.05 bits per heavy atom. The number of carbonyl (C=O) groups excluding carboxylic acids is 11. The number of benzene rings is 1. The molecular weight excluding hydrogens is 1100 g/mol. The lowest BCUT2D eigenvalue weighted by Crippen LogP contribution is -2.60. The van der Waals surface area contributed by atoms with Gasteiger partial charge in [0.25, 0.3) is 0 Å². The van der Waals surface area contributed by atoms with Crippen LogP contribution in [0.2, 0.25) is 0 Å². The van der Waals surface area contributed by atoms with Crippen LogP contribution < -0.4 is 64.6 Å². The number of phenols is 1. The lowest BCUT2D eigenvalue weighted by molar-refractivity contribution is -0.150. The second-order valence-corrected chi connectivity index (χ2v) is 19.6. The Labute approximate surface area is 477 Å². The first-order valence-corrected chi connectivity index (χ1v) is 27.1. The molecule has 83 heavy (non-hydrogen) atoms. The van der Waals surface area contributed by atoms with Gasteiger partial charge in [0, 0.05) is 32.6 Å². The van der Waals surface area contributed by atoms with Gasteiger partial charge in [-0.15, -0.1) is 0 Å². The van der Waals surface area contributed by atoms with Crippen molar-refractivity contribution in [1.82, 2.24) is 63.3 Å². The first kappa shape index (κ1) is 69.2. The van der Waals surface area contributed by atoms with Crippen molar-refractivity contribution in [2.75, 3.05) is 52.5 Å². The summed E-state index contributed by atoms with van der Waals surface area (Å²) in [6.45, 7) is -2.78. The van der Waals surface area contributed by atoms with Crippen molar-refractivity contribution < 1.29 is 88.4 Å². The van der Waals surface area contributed by atoms with Crippen molar-refractivity contribution in [3.8, 4) is 5.75 Å². The number of unbranched alkanes of at least 4 members (excludes halogenated alkanes) is 1. The second kappa shape index (κ2) is 37.1. The molecule has 20 N–H and O–H groups in total. The number of hydrogen-bond donors (Lipinski definition) is 18. The Balaban J connectivity index is 1.74. The van der Waals surface area contributed by atoms with Gasteiger partial charge in [0.05, 0.1) is 25.8 Å². The highest BCUT2D eigenvalue weighted by Gasteiger charge is 2.35. The molecule has 1 fully saturated rings. The third-order valence-electron chi connectivity index (χ3n) is 13.2. The van der Waals surface area contributed by atoms with Gasteiger partial charge in [-0.05, 0) is 108 Å². The Hall–Kier alpha value is -8.11. The number of carbonyl (C=O) groups is 12. The number of carboxylic acid groups (broad SMARTS) is 1.